The van der Waals surface area contributed by atoms with Crippen LogP contribution in [0.1, 0.15) is 41.0 Å². The summed E-state index contributed by atoms with van der Waals surface area (Å²) < 4.78 is 21.1. The predicted octanol–water partition coefficient (Wildman–Crippen LogP) is 1.66. The van der Waals surface area contributed by atoms with Crippen molar-refractivity contribution in [1.82, 2.24) is 25.0 Å². The van der Waals surface area contributed by atoms with Crippen molar-refractivity contribution < 1.29 is 28.6 Å². The standard InChI is InChI=1S/C28H45FN8O6/c1-27(2,3)43-26(42)37-12-10-35(11-13-37)17-23(39)33-21-7-9-36(24(40)14-21)8-6-20(29)15-31-16-22(34-30)25(41)32-18-28(4,5)19-38/h7,9,14,16,20,30-31,38H,6,8,10-13,15,17-19H2,1-5H3,(H,32,41)(H,33,39)/b22-16-,34-30?. The highest BCUT2D eigenvalue weighted by molar-refractivity contribution is 5.93. The van der Waals surface area contributed by atoms with E-state index in [9.17, 15) is 28.7 Å². The molecule has 1 aliphatic rings. The average Bonchev–Trinajstić information content (AvgIpc) is 2.93. The molecule has 15 heteroatoms. The zero-order valence-corrected chi connectivity index (χ0v) is 25.6. The number of aromatic nitrogens is 1. The van der Waals surface area contributed by atoms with Gasteiger partial charge in [-0.05, 0) is 33.3 Å². The molecule has 43 heavy (non-hydrogen) atoms. The van der Waals surface area contributed by atoms with Crippen LogP contribution in [-0.2, 0) is 20.9 Å². The molecule has 1 aromatic rings. The Hall–Kier alpha value is -3.85. The summed E-state index contributed by atoms with van der Waals surface area (Å²) in [6.07, 6.45) is 0.893. The van der Waals surface area contributed by atoms with E-state index in [1.807, 2.05) is 25.7 Å². The van der Waals surface area contributed by atoms with Gasteiger partial charge in [0.05, 0.1) is 6.54 Å². The topological polar surface area (TPSA) is 181 Å². The number of nitrogens with one attached hydrogen (secondary N) is 4. The summed E-state index contributed by atoms with van der Waals surface area (Å²) in [4.78, 5) is 52.9. The second-order valence-corrected chi connectivity index (χ2v) is 12.2. The normalized spacial score (nSPS) is 15.4. The number of hydrogen-bond acceptors (Lipinski definition) is 10. The first-order valence-corrected chi connectivity index (χ1v) is 14.2. The van der Waals surface area contributed by atoms with Gasteiger partial charge in [0.1, 0.15) is 11.8 Å². The molecule has 0 radical (unpaired) electrons. The second-order valence-electron chi connectivity index (χ2n) is 12.2. The van der Waals surface area contributed by atoms with E-state index in [1.54, 1.807) is 24.8 Å². The lowest BCUT2D eigenvalue weighted by Gasteiger charge is -2.35. The highest BCUT2D eigenvalue weighted by atomic mass is 19.1. The zero-order valence-electron chi connectivity index (χ0n) is 25.6. The number of aryl methyl sites for hydroxylation is 1. The van der Waals surface area contributed by atoms with Gasteiger partial charge in [-0.25, -0.2) is 14.7 Å². The van der Waals surface area contributed by atoms with Crippen molar-refractivity contribution in [2.24, 2.45) is 10.5 Å². The maximum atomic E-state index is 14.4. The van der Waals surface area contributed by atoms with Gasteiger partial charge in [-0.1, -0.05) is 13.8 Å². The maximum absolute atomic E-state index is 14.4. The van der Waals surface area contributed by atoms with Crippen molar-refractivity contribution in [3.05, 3.63) is 40.6 Å². The van der Waals surface area contributed by atoms with E-state index >= 15 is 0 Å². The van der Waals surface area contributed by atoms with E-state index in [4.69, 9.17) is 10.3 Å². The molecule has 1 saturated heterocycles. The quantitative estimate of drug-likeness (QED) is 0.156. The van der Waals surface area contributed by atoms with Crippen LogP contribution in [0.15, 0.2) is 40.1 Å². The van der Waals surface area contributed by atoms with E-state index in [2.05, 4.69) is 21.1 Å². The molecule has 2 heterocycles. The first kappa shape index (κ1) is 35.3. The molecule has 240 valence electrons. The average molecular weight is 609 g/mol. The molecule has 0 aromatic carbocycles. The lowest BCUT2D eigenvalue weighted by Crippen LogP contribution is -2.51. The Morgan fingerprint density at radius 1 is 1.19 bits per heavy atom. The highest BCUT2D eigenvalue weighted by Crippen LogP contribution is 2.13. The molecule has 0 bridgehead atoms. The van der Waals surface area contributed by atoms with Gasteiger partial charge in [-0.3, -0.25) is 19.3 Å². The molecule has 14 nitrogen and oxygen atoms in total. The fraction of sp³-hybridized carbons (Fsp3) is 0.643. The molecule has 0 aliphatic carbocycles. The molecule has 1 fully saturated rings. The van der Waals surface area contributed by atoms with Gasteiger partial charge in [-0.2, -0.15) is 5.11 Å². The molecule has 3 amide bonds. The van der Waals surface area contributed by atoms with Gasteiger partial charge in [0.25, 0.3) is 11.5 Å². The Labute approximate surface area is 251 Å². The predicted molar refractivity (Wildman–Crippen MR) is 158 cm³/mol. The molecule has 0 saturated carbocycles. The number of halogens is 1. The summed E-state index contributed by atoms with van der Waals surface area (Å²) in [5.41, 5.74) is 5.75. The molecule has 2 rings (SSSR count). The number of aliphatic hydroxyl groups excluding tert-OH is 1. The van der Waals surface area contributed by atoms with Crippen molar-refractivity contribution in [3.8, 4) is 0 Å². The lowest BCUT2D eigenvalue weighted by atomic mass is 9.95. The van der Waals surface area contributed by atoms with Crippen LogP contribution in [0.3, 0.4) is 0 Å². The lowest BCUT2D eigenvalue weighted by molar-refractivity contribution is -0.118. The number of pyridine rings is 1. The van der Waals surface area contributed by atoms with Crippen LogP contribution in [0.25, 0.3) is 0 Å². The largest absolute Gasteiger partial charge is 0.444 e. The molecular formula is C28H45FN8O6. The first-order valence-electron chi connectivity index (χ1n) is 14.2. The van der Waals surface area contributed by atoms with Crippen molar-refractivity contribution in [1.29, 1.82) is 5.53 Å². The van der Waals surface area contributed by atoms with Crippen LogP contribution in [0.2, 0.25) is 0 Å². The van der Waals surface area contributed by atoms with Crippen LogP contribution in [-0.4, -0.2) is 102 Å². The number of carbonyl (C=O) groups excluding carboxylic acids is 3. The molecular weight excluding hydrogens is 563 g/mol. The maximum Gasteiger partial charge on any atom is 0.410 e. The third-order valence-corrected chi connectivity index (χ3v) is 6.44. The summed E-state index contributed by atoms with van der Waals surface area (Å²) in [5, 5.41) is 20.3. The number of piperazine rings is 1. The fourth-order valence-corrected chi connectivity index (χ4v) is 3.87. The Kier molecular flexibility index (Phi) is 13.3. The van der Waals surface area contributed by atoms with E-state index < -0.39 is 28.7 Å². The van der Waals surface area contributed by atoms with Gasteiger partial charge < -0.3 is 35.3 Å². The van der Waals surface area contributed by atoms with Crippen LogP contribution in [0, 0.1) is 10.9 Å². The number of alkyl halides is 1. The molecule has 1 aliphatic heterocycles. The highest BCUT2D eigenvalue weighted by Gasteiger charge is 2.26. The Morgan fingerprint density at radius 2 is 1.86 bits per heavy atom. The smallest absolute Gasteiger partial charge is 0.410 e. The minimum absolute atomic E-state index is 0.00592. The number of amides is 3. The summed E-state index contributed by atoms with van der Waals surface area (Å²) >= 11 is 0. The third-order valence-electron chi connectivity index (χ3n) is 6.44. The number of ether oxygens (including phenoxy) is 1. The molecule has 5 N–H and O–H groups in total. The van der Waals surface area contributed by atoms with E-state index in [0.29, 0.717) is 31.9 Å². The summed E-state index contributed by atoms with van der Waals surface area (Å²) in [7, 11) is 0. The zero-order chi connectivity index (χ0) is 32.2. The molecule has 1 aromatic heterocycles. The SMILES string of the molecule is CC(C)(CO)CNC(=O)/C(=C/NCC(F)CCn1ccc(NC(=O)CN2CCN(C(=O)OC(C)(C)C)CC2)cc1=O)N=N. The van der Waals surface area contributed by atoms with Crippen LogP contribution in [0.5, 0.6) is 0 Å². The Bertz CT molecular complexity index is 1200. The summed E-state index contributed by atoms with van der Waals surface area (Å²) in [6.45, 7) is 10.9. The van der Waals surface area contributed by atoms with Gasteiger partial charge in [0.2, 0.25) is 5.91 Å². The number of hydrogen-bond donors (Lipinski definition) is 5. The number of anilines is 1. The molecule has 1 atom stereocenters. The molecule has 0 spiro atoms. The van der Waals surface area contributed by atoms with Crippen LogP contribution < -0.4 is 21.5 Å². The minimum Gasteiger partial charge on any atom is -0.444 e. The number of rotatable bonds is 14. The van der Waals surface area contributed by atoms with Crippen molar-refractivity contribution >= 4 is 23.6 Å². The van der Waals surface area contributed by atoms with E-state index in [-0.39, 0.29) is 56.9 Å². The van der Waals surface area contributed by atoms with Gasteiger partial charge in [0, 0.05) is 82.0 Å². The van der Waals surface area contributed by atoms with Crippen LogP contribution in [0.4, 0.5) is 14.9 Å². The number of nitrogens with zero attached hydrogens (tertiary/aromatic N) is 4. The first-order chi connectivity index (χ1) is 20.1. The summed E-state index contributed by atoms with van der Waals surface area (Å²) in [5.74, 6) is -0.922. The van der Waals surface area contributed by atoms with Gasteiger partial charge >= 0.3 is 6.09 Å². The van der Waals surface area contributed by atoms with E-state index in [1.165, 1.54) is 16.8 Å². The third kappa shape index (κ3) is 12.9. The number of aliphatic hydroxyl groups is 1. The fourth-order valence-electron chi connectivity index (χ4n) is 3.87. The summed E-state index contributed by atoms with van der Waals surface area (Å²) in [6, 6.07) is 2.83. The van der Waals surface area contributed by atoms with Crippen molar-refractivity contribution in [3.63, 3.8) is 0 Å². The Balaban J connectivity index is 1.76. The van der Waals surface area contributed by atoms with Crippen molar-refractivity contribution in [2.75, 3.05) is 57.7 Å². The molecule has 1 unspecified atom stereocenters. The van der Waals surface area contributed by atoms with Gasteiger partial charge in [0.15, 0.2) is 5.70 Å². The minimum atomic E-state index is -1.36. The monoisotopic (exact) mass is 608 g/mol. The second kappa shape index (κ2) is 16.1. The number of carbonyl (C=O) groups is 3. The van der Waals surface area contributed by atoms with Gasteiger partial charge in [-0.15, -0.1) is 0 Å². The van der Waals surface area contributed by atoms with Crippen molar-refractivity contribution in [2.45, 2.75) is 59.4 Å². The Morgan fingerprint density at radius 3 is 2.44 bits per heavy atom. The van der Waals surface area contributed by atoms with E-state index in [0.717, 1.165) is 6.20 Å². The van der Waals surface area contributed by atoms with Crippen LogP contribution >= 0.6 is 0 Å².